The fraction of sp³-hybridized carbons (Fsp3) is 0.938. The number of carboxylic acid groups (broad SMARTS) is 1. The van der Waals surface area contributed by atoms with Crippen molar-refractivity contribution < 1.29 is 14.6 Å². The van der Waals surface area contributed by atoms with E-state index in [0.29, 0.717) is 6.61 Å². The van der Waals surface area contributed by atoms with Crippen molar-refractivity contribution in [2.75, 3.05) is 26.2 Å². The summed E-state index contributed by atoms with van der Waals surface area (Å²) >= 11 is 0. The fourth-order valence-corrected chi connectivity index (χ4v) is 2.77. The van der Waals surface area contributed by atoms with Crippen LogP contribution in [0.4, 0.5) is 0 Å². The van der Waals surface area contributed by atoms with Crippen LogP contribution in [0, 0.1) is 0 Å². The molecule has 4 nitrogen and oxygen atoms in total. The molecule has 0 aromatic carbocycles. The van der Waals surface area contributed by atoms with E-state index in [0.717, 1.165) is 19.6 Å². The molecular weight excluding hydrogens is 254 g/mol. The van der Waals surface area contributed by atoms with E-state index in [-0.39, 0.29) is 12.5 Å². The molecule has 0 aliphatic carbocycles. The van der Waals surface area contributed by atoms with Crippen molar-refractivity contribution in [1.82, 2.24) is 4.90 Å². The van der Waals surface area contributed by atoms with Crippen LogP contribution in [0.5, 0.6) is 0 Å². The van der Waals surface area contributed by atoms with Gasteiger partial charge in [-0.05, 0) is 13.0 Å². The summed E-state index contributed by atoms with van der Waals surface area (Å²) in [5.41, 5.74) is 0. The van der Waals surface area contributed by atoms with Gasteiger partial charge >= 0.3 is 5.97 Å². The molecule has 4 heteroatoms. The molecule has 20 heavy (non-hydrogen) atoms. The van der Waals surface area contributed by atoms with Gasteiger partial charge in [0, 0.05) is 13.1 Å². The van der Waals surface area contributed by atoms with Gasteiger partial charge in [-0.15, -0.1) is 0 Å². The molecule has 0 aromatic rings. The molecule has 1 unspecified atom stereocenters. The molecule has 1 aliphatic rings. The van der Waals surface area contributed by atoms with Gasteiger partial charge in [0.25, 0.3) is 0 Å². The van der Waals surface area contributed by atoms with Crippen molar-refractivity contribution in [3.05, 3.63) is 0 Å². The minimum Gasteiger partial charge on any atom is -0.481 e. The van der Waals surface area contributed by atoms with Crippen molar-refractivity contribution in [2.24, 2.45) is 0 Å². The maximum atomic E-state index is 10.7. The average molecular weight is 285 g/mol. The largest absolute Gasteiger partial charge is 0.481 e. The van der Waals surface area contributed by atoms with E-state index in [1.807, 2.05) is 0 Å². The van der Waals surface area contributed by atoms with Crippen LogP contribution in [-0.4, -0.2) is 48.3 Å². The van der Waals surface area contributed by atoms with E-state index in [2.05, 4.69) is 11.8 Å². The number of hydrogen-bond donors (Lipinski definition) is 1. The van der Waals surface area contributed by atoms with Crippen LogP contribution in [0.1, 0.15) is 64.7 Å². The van der Waals surface area contributed by atoms with E-state index in [1.165, 1.54) is 51.4 Å². The Morgan fingerprint density at radius 3 is 2.45 bits per heavy atom. The lowest BCUT2D eigenvalue weighted by Crippen LogP contribution is -2.43. The number of carboxylic acids is 1. The zero-order chi connectivity index (χ0) is 14.6. The predicted octanol–water partition coefficient (Wildman–Crippen LogP) is 3.30. The number of hydrogen-bond acceptors (Lipinski definition) is 3. The monoisotopic (exact) mass is 285 g/mol. The molecule has 0 bridgehead atoms. The molecule has 1 rings (SSSR count). The third-order valence-corrected chi connectivity index (χ3v) is 3.95. The van der Waals surface area contributed by atoms with Crippen LogP contribution in [-0.2, 0) is 9.53 Å². The van der Waals surface area contributed by atoms with E-state index in [4.69, 9.17) is 9.84 Å². The summed E-state index contributed by atoms with van der Waals surface area (Å²) < 4.78 is 5.48. The molecule has 1 fully saturated rings. The second kappa shape index (κ2) is 11.1. The number of carbonyl (C=O) groups is 1. The minimum absolute atomic E-state index is 0.115. The lowest BCUT2D eigenvalue weighted by Gasteiger charge is -2.32. The number of aliphatic carboxylic acids is 1. The Hall–Kier alpha value is -0.610. The standard InChI is InChI=1S/C16H31NO3/c1-2-3-4-5-6-7-8-9-10-17-11-12-20-15(14-17)13-16(18)19/h15H,2-14H2,1H3,(H,18,19). The third kappa shape index (κ3) is 8.54. The normalized spacial score (nSPS) is 20.1. The number of ether oxygens (including phenoxy) is 1. The van der Waals surface area contributed by atoms with E-state index in [1.54, 1.807) is 0 Å². The first-order valence-electron chi connectivity index (χ1n) is 8.28. The lowest BCUT2D eigenvalue weighted by molar-refractivity contribution is -0.142. The molecule has 1 saturated heterocycles. The highest BCUT2D eigenvalue weighted by molar-refractivity contribution is 5.67. The second-order valence-corrected chi connectivity index (χ2v) is 5.87. The first-order valence-corrected chi connectivity index (χ1v) is 8.28. The zero-order valence-electron chi connectivity index (χ0n) is 13.0. The van der Waals surface area contributed by atoms with Crippen LogP contribution in [0.25, 0.3) is 0 Å². The van der Waals surface area contributed by atoms with Gasteiger partial charge in [-0.2, -0.15) is 0 Å². The van der Waals surface area contributed by atoms with Crippen molar-refractivity contribution >= 4 is 5.97 Å². The third-order valence-electron chi connectivity index (χ3n) is 3.95. The first kappa shape index (κ1) is 17.4. The topological polar surface area (TPSA) is 49.8 Å². The minimum atomic E-state index is -0.760. The van der Waals surface area contributed by atoms with Gasteiger partial charge in [0.05, 0.1) is 19.1 Å². The van der Waals surface area contributed by atoms with Crippen LogP contribution in [0.15, 0.2) is 0 Å². The summed E-state index contributed by atoms with van der Waals surface area (Å²) in [4.78, 5) is 13.0. The fourth-order valence-electron chi connectivity index (χ4n) is 2.77. The summed E-state index contributed by atoms with van der Waals surface area (Å²) in [7, 11) is 0. The van der Waals surface area contributed by atoms with Gasteiger partial charge in [0.1, 0.15) is 0 Å². The lowest BCUT2D eigenvalue weighted by atomic mass is 10.1. The smallest absolute Gasteiger partial charge is 0.306 e. The van der Waals surface area contributed by atoms with Gasteiger partial charge < -0.3 is 9.84 Å². The molecule has 0 radical (unpaired) electrons. The Morgan fingerprint density at radius 2 is 1.80 bits per heavy atom. The highest BCUT2D eigenvalue weighted by Gasteiger charge is 2.22. The summed E-state index contributed by atoms with van der Waals surface area (Å²) in [5.74, 6) is -0.760. The number of rotatable bonds is 11. The van der Waals surface area contributed by atoms with Gasteiger partial charge in [-0.3, -0.25) is 9.69 Å². The van der Waals surface area contributed by atoms with E-state index >= 15 is 0 Å². The Bertz CT molecular complexity index is 258. The maximum absolute atomic E-state index is 10.7. The molecule has 1 atom stereocenters. The van der Waals surface area contributed by atoms with Crippen molar-refractivity contribution in [3.63, 3.8) is 0 Å². The van der Waals surface area contributed by atoms with Crippen molar-refractivity contribution in [1.29, 1.82) is 0 Å². The Morgan fingerprint density at radius 1 is 1.15 bits per heavy atom. The predicted molar refractivity (Wildman–Crippen MR) is 81.0 cm³/mol. The van der Waals surface area contributed by atoms with Crippen molar-refractivity contribution in [2.45, 2.75) is 70.8 Å². The summed E-state index contributed by atoms with van der Waals surface area (Å²) in [5, 5.41) is 8.79. The Kier molecular flexibility index (Phi) is 9.67. The van der Waals surface area contributed by atoms with Gasteiger partial charge in [0.2, 0.25) is 0 Å². The van der Waals surface area contributed by atoms with Crippen LogP contribution in [0.3, 0.4) is 0 Å². The molecule has 1 heterocycles. The summed E-state index contributed by atoms with van der Waals surface area (Å²) in [6.07, 6.45) is 10.7. The zero-order valence-corrected chi connectivity index (χ0v) is 13.0. The summed E-state index contributed by atoms with van der Waals surface area (Å²) in [6, 6.07) is 0. The first-order chi connectivity index (χ1) is 9.72. The van der Waals surface area contributed by atoms with Crippen LogP contribution < -0.4 is 0 Å². The Balaban J connectivity index is 1.97. The molecule has 0 saturated carbocycles. The molecule has 0 amide bonds. The van der Waals surface area contributed by atoms with Gasteiger partial charge in [-0.25, -0.2) is 0 Å². The number of morpholine rings is 1. The summed E-state index contributed by atoms with van der Waals surface area (Å²) in [6.45, 7) is 5.75. The second-order valence-electron chi connectivity index (χ2n) is 5.87. The van der Waals surface area contributed by atoms with E-state index in [9.17, 15) is 4.79 Å². The maximum Gasteiger partial charge on any atom is 0.306 e. The SMILES string of the molecule is CCCCCCCCCCN1CCOC(CC(=O)O)C1. The molecule has 118 valence electrons. The molecule has 1 N–H and O–H groups in total. The van der Waals surface area contributed by atoms with Gasteiger partial charge in [-0.1, -0.05) is 51.9 Å². The van der Waals surface area contributed by atoms with Crippen LogP contribution >= 0.6 is 0 Å². The molecule has 0 spiro atoms. The molecular formula is C16H31NO3. The highest BCUT2D eigenvalue weighted by Crippen LogP contribution is 2.12. The highest BCUT2D eigenvalue weighted by atomic mass is 16.5. The van der Waals surface area contributed by atoms with Crippen LogP contribution in [0.2, 0.25) is 0 Å². The van der Waals surface area contributed by atoms with Gasteiger partial charge in [0.15, 0.2) is 0 Å². The Labute approximate surface area is 123 Å². The van der Waals surface area contributed by atoms with E-state index < -0.39 is 5.97 Å². The molecule has 1 aliphatic heterocycles. The van der Waals surface area contributed by atoms with Crippen molar-refractivity contribution in [3.8, 4) is 0 Å². The molecule has 0 aromatic heterocycles. The average Bonchev–Trinajstić information content (AvgIpc) is 2.41. The number of nitrogens with zero attached hydrogens (tertiary/aromatic N) is 1. The number of unbranched alkanes of at least 4 members (excludes halogenated alkanes) is 7. The quantitative estimate of drug-likeness (QED) is 0.592.